The molecule has 0 atom stereocenters. The van der Waals surface area contributed by atoms with E-state index in [-0.39, 0.29) is 6.61 Å². The van der Waals surface area contributed by atoms with Crippen LogP contribution in [0.2, 0.25) is 0 Å². The molecule has 0 aliphatic rings. The first-order valence-corrected chi connectivity index (χ1v) is 6.78. The number of ether oxygens (including phenoxy) is 1. The Balaban J connectivity index is 1.63. The Morgan fingerprint density at radius 3 is 2.38 bits per heavy atom. The van der Waals surface area contributed by atoms with E-state index in [2.05, 4.69) is 5.32 Å². The first kappa shape index (κ1) is 13.2. The molecule has 0 heterocycles. The first-order chi connectivity index (χ1) is 10.3. The van der Waals surface area contributed by atoms with Gasteiger partial charge in [0.1, 0.15) is 6.61 Å². The van der Waals surface area contributed by atoms with Crippen molar-refractivity contribution in [2.24, 2.45) is 0 Å². The van der Waals surface area contributed by atoms with Gasteiger partial charge in [-0.05, 0) is 28.5 Å². The summed E-state index contributed by atoms with van der Waals surface area (Å²) in [6.07, 6.45) is -0.450. The highest BCUT2D eigenvalue weighted by atomic mass is 16.5. The standard InChI is InChI=1S/C18H15NO2/c20-18(21-13-14-6-2-1-3-7-14)19-17-11-10-15-8-4-5-9-16(15)12-17/h1-12H,13H2,(H,19,20). The Hall–Kier alpha value is -2.81. The SMILES string of the molecule is O=C(Nc1ccc2ccccc2c1)OCc1ccccc1. The number of hydrogen-bond donors (Lipinski definition) is 1. The number of anilines is 1. The lowest BCUT2D eigenvalue weighted by atomic mass is 10.1. The second kappa shape index (κ2) is 6.09. The summed E-state index contributed by atoms with van der Waals surface area (Å²) in [6, 6.07) is 23.4. The minimum Gasteiger partial charge on any atom is -0.444 e. The molecule has 1 amide bonds. The van der Waals surface area contributed by atoms with Gasteiger partial charge in [-0.15, -0.1) is 0 Å². The maximum Gasteiger partial charge on any atom is 0.411 e. The Kier molecular flexibility index (Phi) is 3.83. The molecule has 3 nitrogen and oxygen atoms in total. The lowest BCUT2D eigenvalue weighted by Gasteiger charge is -2.08. The van der Waals surface area contributed by atoms with Gasteiger partial charge in [0.2, 0.25) is 0 Å². The van der Waals surface area contributed by atoms with Gasteiger partial charge in [0.15, 0.2) is 0 Å². The first-order valence-electron chi connectivity index (χ1n) is 6.78. The van der Waals surface area contributed by atoms with Crippen molar-refractivity contribution in [2.75, 3.05) is 5.32 Å². The Labute approximate surface area is 123 Å². The van der Waals surface area contributed by atoms with E-state index in [1.165, 1.54) is 0 Å². The van der Waals surface area contributed by atoms with Gasteiger partial charge in [-0.2, -0.15) is 0 Å². The molecule has 0 spiro atoms. The van der Waals surface area contributed by atoms with E-state index >= 15 is 0 Å². The fourth-order valence-corrected chi connectivity index (χ4v) is 2.14. The van der Waals surface area contributed by atoms with Crippen molar-refractivity contribution in [3.05, 3.63) is 78.4 Å². The van der Waals surface area contributed by atoms with Crippen LogP contribution in [-0.2, 0) is 11.3 Å². The van der Waals surface area contributed by atoms with Crippen LogP contribution < -0.4 is 5.32 Å². The highest BCUT2D eigenvalue weighted by molar-refractivity contribution is 5.91. The van der Waals surface area contributed by atoms with E-state index < -0.39 is 6.09 Å². The van der Waals surface area contributed by atoms with Crippen molar-refractivity contribution < 1.29 is 9.53 Å². The lowest BCUT2D eigenvalue weighted by Crippen LogP contribution is -2.13. The van der Waals surface area contributed by atoms with Crippen molar-refractivity contribution in [1.82, 2.24) is 0 Å². The summed E-state index contributed by atoms with van der Waals surface area (Å²) in [6.45, 7) is 0.264. The Morgan fingerprint density at radius 1 is 0.857 bits per heavy atom. The van der Waals surface area contributed by atoms with Crippen molar-refractivity contribution >= 4 is 22.6 Å². The average Bonchev–Trinajstić information content (AvgIpc) is 2.54. The molecule has 3 aromatic carbocycles. The Morgan fingerprint density at radius 2 is 1.57 bits per heavy atom. The molecule has 3 rings (SSSR count). The van der Waals surface area contributed by atoms with E-state index in [1.807, 2.05) is 72.8 Å². The number of carbonyl (C=O) groups is 1. The molecule has 0 fully saturated rings. The minimum absolute atomic E-state index is 0.264. The smallest absolute Gasteiger partial charge is 0.411 e. The van der Waals surface area contributed by atoms with Crippen molar-refractivity contribution in [3.8, 4) is 0 Å². The van der Waals surface area contributed by atoms with Crippen LogP contribution in [0.5, 0.6) is 0 Å². The normalized spacial score (nSPS) is 10.3. The van der Waals surface area contributed by atoms with Gasteiger partial charge in [-0.1, -0.05) is 60.7 Å². The molecule has 0 radical (unpaired) electrons. The zero-order valence-electron chi connectivity index (χ0n) is 11.5. The maximum atomic E-state index is 11.8. The summed E-state index contributed by atoms with van der Waals surface area (Å²) in [5.74, 6) is 0. The van der Waals surface area contributed by atoms with Gasteiger partial charge >= 0.3 is 6.09 Å². The molecule has 0 saturated carbocycles. The molecule has 0 unspecified atom stereocenters. The van der Waals surface area contributed by atoms with Crippen LogP contribution in [0.25, 0.3) is 10.8 Å². The summed E-state index contributed by atoms with van der Waals surface area (Å²) in [4.78, 5) is 11.8. The highest BCUT2D eigenvalue weighted by Crippen LogP contribution is 2.19. The molecule has 3 aromatic rings. The maximum absolute atomic E-state index is 11.8. The second-order valence-corrected chi connectivity index (χ2v) is 4.75. The summed E-state index contributed by atoms with van der Waals surface area (Å²) in [5.41, 5.74) is 1.69. The summed E-state index contributed by atoms with van der Waals surface area (Å²) in [5, 5.41) is 4.96. The van der Waals surface area contributed by atoms with Crippen LogP contribution in [0.1, 0.15) is 5.56 Å². The third-order valence-electron chi connectivity index (χ3n) is 3.21. The van der Waals surface area contributed by atoms with Crippen LogP contribution in [0.3, 0.4) is 0 Å². The third-order valence-corrected chi connectivity index (χ3v) is 3.21. The number of fused-ring (bicyclic) bond motifs is 1. The van der Waals surface area contributed by atoms with Crippen molar-refractivity contribution in [3.63, 3.8) is 0 Å². The molecule has 1 N–H and O–H groups in total. The largest absolute Gasteiger partial charge is 0.444 e. The molecule has 0 aromatic heterocycles. The van der Waals surface area contributed by atoms with E-state index in [4.69, 9.17) is 4.74 Å². The fourth-order valence-electron chi connectivity index (χ4n) is 2.14. The average molecular weight is 277 g/mol. The van der Waals surface area contributed by atoms with E-state index in [1.54, 1.807) is 0 Å². The highest BCUT2D eigenvalue weighted by Gasteiger charge is 2.04. The van der Waals surface area contributed by atoms with E-state index in [0.29, 0.717) is 0 Å². The Bertz CT molecular complexity index is 753. The minimum atomic E-state index is -0.450. The van der Waals surface area contributed by atoms with E-state index in [9.17, 15) is 4.79 Å². The topological polar surface area (TPSA) is 38.3 Å². The van der Waals surface area contributed by atoms with Gasteiger partial charge in [-0.3, -0.25) is 5.32 Å². The van der Waals surface area contributed by atoms with Gasteiger partial charge < -0.3 is 4.74 Å². The monoisotopic (exact) mass is 277 g/mol. The van der Waals surface area contributed by atoms with Gasteiger partial charge in [-0.25, -0.2) is 4.79 Å². The number of rotatable bonds is 3. The molecule has 0 saturated heterocycles. The van der Waals surface area contributed by atoms with E-state index in [0.717, 1.165) is 22.0 Å². The number of amides is 1. The van der Waals surface area contributed by atoms with Crippen LogP contribution in [0, 0.1) is 0 Å². The summed E-state index contributed by atoms with van der Waals surface area (Å²) < 4.78 is 5.19. The second-order valence-electron chi connectivity index (χ2n) is 4.75. The zero-order valence-corrected chi connectivity index (χ0v) is 11.5. The van der Waals surface area contributed by atoms with Crippen LogP contribution in [-0.4, -0.2) is 6.09 Å². The number of nitrogens with one attached hydrogen (secondary N) is 1. The molecule has 0 aliphatic carbocycles. The van der Waals surface area contributed by atoms with Crippen molar-refractivity contribution in [1.29, 1.82) is 0 Å². The quantitative estimate of drug-likeness (QED) is 0.760. The van der Waals surface area contributed by atoms with Gasteiger partial charge in [0, 0.05) is 5.69 Å². The summed E-state index contributed by atoms with van der Waals surface area (Å²) >= 11 is 0. The van der Waals surface area contributed by atoms with Crippen molar-refractivity contribution in [2.45, 2.75) is 6.61 Å². The number of hydrogen-bond acceptors (Lipinski definition) is 2. The molecule has 21 heavy (non-hydrogen) atoms. The van der Waals surface area contributed by atoms with Crippen LogP contribution in [0.15, 0.2) is 72.8 Å². The molecular formula is C18H15NO2. The lowest BCUT2D eigenvalue weighted by molar-refractivity contribution is 0.155. The number of benzene rings is 3. The van der Waals surface area contributed by atoms with Crippen LogP contribution in [0.4, 0.5) is 10.5 Å². The molecule has 0 bridgehead atoms. The summed E-state index contributed by atoms with van der Waals surface area (Å²) in [7, 11) is 0. The van der Waals surface area contributed by atoms with Gasteiger partial charge in [0.25, 0.3) is 0 Å². The molecule has 104 valence electrons. The predicted molar refractivity (Wildman–Crippen MR) is 84.2 cm³/mol. The molecule has 3 heteroatoms. The van der Waals surface area contributed by atoms with Crippen LogP contribution >= 0.6 is 0 Å². The fraction of sp³-hybridized carbons (Fsp3) is 0.0556. The molecular weight excluding hydrogens is 262 g/mol. The number of carbonyl (C=O) groups excluding carboxylic acids is 1. The molecule has 0 aliphatic heterocycles. The third kappa shape index (κ3) is 3.39. The van der Waals surface area contributed by atoms with Gasteiger partial charge in [0.05, 0.1) is 0 Å². The predicted octanol–water partition coefficient (Wildman–Crippen LogP) is 4.59. The zero-order chi connectivity index (χ0) is 14.5.